The lowest BCUT2D eigenvalue weighted by molar-refractivity contribution is 0.0961. The fourth-order valence-corrected chi connectivity index (χ4v) is 1.71. The molecule has 0 spiro atoms. The lowest BCUT2D eigenvalue weighted by atomic mass is 10.0. The molecular formula is C11H12O3. The number of benzene rings is 1. The molecule has 1 heterocycles. The average Bonchev–Trinajstić information content (AvgIpc) is 2.53. The summed E-state index contributed by atoms with van der Waals surface area (Å²) in [5, 5.41) is 9.60. The zero-order valence-electron chi connectivity index (χ0n) is 8.04. The summed E-state index contributed by atoms with van der Waals surface area (Å²) in [5.41, 5.74) is 1.36. The van der Waals surface area contributed by atoms with Crippen molar-refractivity contribution in [3.05, 3.63) is 23.3 Å². The number of carbonyl (C=O) groups excluding carboxylic acids is 1. The topological polar surface area (TPSA) is 46.5 Å². The summed E-state index contributed by atoms with van der Waals surface area (Å²) in [6.45, 7) is 2.13. The van der Waals surface area contributed by atoms with Crippen molar-refractivity contribution in [2.24, 2.45) is 0 Å². The number of hydrogen-bond donors (Lipinski definition) is 1. The standard InChI is InChI=1S/C11H12O3/c1-2-3-7-9(12)5-4-8-10(13)6-14-11(7)8/h4-5,12H,2-3,6H2,1H3. The van der Waals surface area contributed by atoms with Crippen LogP contribution < -0.4 is 4.74 Å². The summed E-state index contributed by atoms with van der Waals surface area (Å²) >= 11 is 0. The summed E-state index contributed by atoms with van der Waals surface area (Å²) < 4.78 is 5.27. The highest BCUT2D eigenvalue weighted by atomic mass is 16.5. The molecular weight excluding hydrogens is 180 g/mol. The molecule has 74 valence electrons. The Bertz CT molecular complexity index is 382. The lowest BCUT2D eigenvalue weighted by Gasteiger charge is -2.07. The Morgan fingerprint density at radius 3 is 3.00 bits per heavy atom. The molecule has 1 aliphatic heterocycles. The first-order valence-corrected chi connectivity index (χ1v) is 4.75. The van der Waals surface area contributed by atoms with E-state index in [-0.39, 0.29) is 18.1 Å². The monoisotopic (exact) mass is 192 g/mol. The number of fused-ring (bicyclic) bond motifs is 1. The van der Waals surface area contributed by atoms with Gasteiger partial charge in [-0.2, -0.15) is 0 Å². The first-order valence-electron chi connectivity index (χ1n) is 4.75. The van der Waals surface area contributed by atoms with Crippen LogP contribution in [-0.2, 0) is 6.42 Å². The second-order valence-corrected chi connectivity index (χ2v) is 3.40. The predicted molar refractivity (Wildman–Crippen MR) is 51.9 cm³/mol. The van der Waals surface area contributed by atoms with Crippen molar-refractivity contribution in [2.45, 2.75) is 19.8 Å². The third-order valence-electron chi connectivity index (χ3n) is 2.38. The molecule has 0 atom stereocenters. The SMILES string of the molecule is CCCc1c(O)ccc2c1OCC2=O. The van der Waals surface area contributed by atoms with Gasteiger partial charge in [0.15, 0.2) is 6.61 Å². The van der Waals surface area contributed by atoms with Crippen LogP contribution in [0.3, 0.4) is 0 Å². The smallest absolute Gasteiger partial charge is 0.203 e. The van der Waals surface area contributed by atoms with Crippen molar-refractivity contribution in [1.29, 1.82) is 0 Å². The van der Waals surface area contributed by atoms with Crippen molar-refractivity contribution in [3.63, 3.8) is 0 Å². The van der Waals surface area contributed by atoms with E-state index in [1.54, 1.807) is 12.1 Å². The molecule has 0 amide bonds. The molecule has 0 bridgehead atoms. The molecule has 0 fully saturated rings. The summed E-state index contributed by atoms with van der Waals surface area (Å²) in [6, 6.07) is 3.19. The third-order valence-corrected chi connectivity index (χ3v) is 2.38. The van der Waals surface area contributed by atoms with E-state index < -0.39 is 0 Å². The molecule has 0 aliphatic carbocycles. The van der Waals surface area contributed by atoms with Gasteiger partial charge in [0.25, 0.3) is 0 Å². The van der Waals surface area contributed by atoms with Crippen LogP contribution in [0.4, 0.5) is 0 Å². The predicted octanol–water partition coefficient (Wildman–Crippen LogP) is 1.92. The van der Waals surface area contributed by atoms with Gasteiger partial charge in [-0.1, -0.05) is 13.3 Å². The highest BCUT2D eigenvalue weighted by molar-refractivity contribution is 6.02. The van der Waals surface area contributed by atoms with Crippen LogP contribution in [0.5, 0.6) is 11.5 Å². The van der Waals surface area contributed by atoms with E-state index in [0.29, 0.717) is 11.3 Å². The molecule has 0 aromatic heterocycles. The Morgan fingerprint density at radius 2 is 2.29 bits per heavy atom. The molecule has 0 saturated carbocycles. The number of Topliss-reactive ketones (excluding diaryl/α,β-unsaturated/α-hetero) is 1. The molecule has 0 radical (unpaired) electrons. The Hall–Kier alpha value is -1.51. The van der Waals surface area contributed by atoms with Gasteiger partial charge in [0.1, 0.15) is 11.5 Å². The molecule has 0 unspecified atom stereocenters. The van der Waals surface area contributed by atoms with Crippen LogP contribution in [0.15, 0.2) is 12.1 Å². The van der Waals surface area contributed by atoms with Crippen LogP contribution >= 0.6 is 0 Å². The number of carbonyl (C=O) groups is 1. The third kappa shape index (κ3) is 1.25. The molecule has 1 N–H and O–H groups in total. The van der Waals surface area contributed by atoms with Crippen molar-refractivity contribution >= 4 is 5.78 Å². The molecule has 1 aromatic rings. The highest BCUT2D eigenvalue weighted by Crippen LogP contribution is 2.36. The minimum atomic E-state index is -0.00245. The van der Waals surface area contributed by atoms with Crippen molar-refractivity contribution in [2.75, 3.05) is 6.61 Å². The van der Waals surface area contributed by atoms with Crippen LogP contribution in [0.25, 0.3) is 0 Å². The average molecular weight is 192 g/mol. The lowest BCUT2D eigenvalue weighted by Crippen LogP contribution is -1.98. The van der Waals surface area contributed by atoms with Crippen LogP contribution in [0.2, 0.25) is 0 Å². The first kappa shape index (κ1) is 9.06. The van der Waals surface area contributed by atoms with E-state index >= 15 is 0 Å². The largest absolute Gasteiger partial charge is 0.508 e. The summed E-state index contributed by atoms with van der Waals surface area (Å²) in [5.74, 6) is 0.800. The molecule has 0 saturated heterocycles. The Balaban J connectivity index is 2.53. The van der Waals surface area contributed by atoms with E-state index in [1.807, 2.05) is 6.92 Å². The highest BCUT2D eigenvalue weighted by Gasteiger charge is 2.25. The number of rotatable bonds is 2. The van der Waals surface area contributed by atoms with Gasteiger partial charge >= 0.3 is 0 Å². The number of phenols is 1. The fraction of sp³-hybridized carbons (Fsp3) is 0.364. The number of hydrogen-bond acceptors (Lipinski definition) is 3. The maximum Gasteiger partial charge on any atom is 0.203 e. The van der Waals surface area contributed by atoms with Gasteiger partial charge in [-0.3, -0.25) is 4.79 Å². The van der Waals surface area contributed by atoms with Gasteiger partial charge in [-0.05, 0) is 18.6 Å². The molecule has 3 nitrogen and oxygen atoms in total. The van der Waals surface area contributed by atoms with Gasteiger partial charge < -0.3 is 9.84 Å². The van der Waals surface area contributed by atoms with E-state index in [4.69, 9.17) is 4.74 Å². The Kier molecular flexibility index (Phi) is 2.15. The van der Waals surface area contributed by atoms with Crippen molar-refractivity contribution in [1.82, 2.24) is 0 Å². The van der Waals surface area contributed by atoms with Gasteiger partial charge in [-0.15, -0.1) is 0 Å². The van der Waals surface area contributed by atoms with Crippen molar-refractivity contribution in [3.8, 4) is 11.5 Å². The molecule has 1 aromatic carbocycles. The summed E-state index contributed by atoms with van der Waals surface area (Å²) in [4.78, 5) is 11.3. The second-order valence-electron chi connectivity index (χ2n) is 3.40. The summed E-state index contributed by atoms with van der Waals surface area (Å²) in [6.07, 6.45) is 1.66. The number of aromatic hydroxyl groups is 1. The zero-order chi connectivity index (χ0) is 10.1. The molecule has 3 heteroatoms. The number of ether oxygens (including phenoxy) is 1. The van der Waals surface area contributed by atoms with E-state index in [0.717, 1.165) is 18.4 Å². The minimum Gasteiger partial charge on any atom is -0.508 e. The Morgan fingerprint density at radius 1 is 1.50 bits per heavy atom. The second kappa shape index (κ2) is 3.33. The van der Waals surface area contributed by atoms with E-state index in [2.05, 4.69) is 0 Å². The summed E-state index contributed by atoms with van der Waals surface area (Å²) in [7, 11) is 0. The van der Waals surface area contributed by atoms with Gasteiger partial charge in [0.2, 0.25) is 5.78 Å². The van der Waals surface area contributed by atoms with Crippen LogP contribution in [0, 0.1) is 0 Å². The van der Waals surface area contributed by atoms with E-state index in [1.165, 1.54) is 0 Å². The maximum atomic E-state index is 11.3. The van der Waals surface area contributed by atoms with Gasteiger partial charge in [-0.25, -0.2) is 0 Å². The Labute approximate surface area is 82.3 Å². The zero-order valence-corrected chi connectivity index (χ0v) is 8.04. The maximum absolute atomic E-state index is 11.3. The minimum absolute atomic E-state index is 0.00245. The number of ketones is 1. The van der Waals surface area contributed by atoms with E-state index in [9.17, 15) is 9.90 Å². The van der Waals surface area contributed by atoms with Gasteiger partial charge in [0.05, 0.1) is 5.56 Å². The normalized spacial score (nSPS) is 13.9. The molecule has 2 rings (SSSR count). The quantitative estimate of drug-likeness (QED) is 0.778. The molecule has 1 aliphatic rings. The van der Waals surface area contributed by atoms with Crippen LogP contribution in [-0.4, -0.2) is 17.5 Å². The number of phenolic OH excluding ortho intramolecular Hbond substituents is 1. The van der Waals surface area contributed by atoms with Gasteiger partial charge in [0, 0.05) is 5.56 Å². The van der Waals surface area contributed by atoms with Crippen LogP contribution in [0.1, 0.15) is 29.3 Å². The first-order chi connectivity index (χ1) is 6.74. The molecule has 14 heavy (non-hydrogen) atoms. The van der Waals surface area contributed by atoms with Crippen molar-refractivity contribution < 1.29 is 14.6 Å². The fourth-order valence-electron chi connectivity index (χ4n) is 1.71.